The molecule has 0 saturated carbocycles. The summed E-state index contributed by atoms with van der Waals surface area (Å²) in [7, 11) is 2.23. The Balaban J connectivity index is 1.21. The first-order chi connectivity index (χ1) is 16.6. The molecule has 0 unspecified atom stereocenters. The van der Waals surface area contributed by atoms with E-state index in [0.29, 0.717) is 17.8 Å². The summed E-state index contributed by atoms with van der Waals surface area (Å²) in [6.45, 7) is 0.723. The Morgan fingerprint density at radius 2 is 1.88 bits per heavy atom. The topological polar surface area (TPSA) is 78.8 Å². The Morgan fingerprint density at radius 1 is 1.09 bits per heavy atom. The number of aromatic amines is 1. The number of benzene rings is 2. The standard InChI is InChI=1S/C27H30N6O/c1-32-22-8-5-9-23(32)14-21(13-22)29-27(34)26-24-12-19(10-11-25(24)30-31-26)20-15-28-33(17-20)16-18-6-3-2-4-7-18/h2-4,6-7,10-12,15,17,21-23H,5,8-9,13-14,16H2,1H3,(H,29,34)(H,30,31)/t21-,22+,23-. The Morgan fingerprint density at radius 3 is 2.68 bits per heavy atom. The molecular formula is C27H30N6O. The second-order valence-corrected chi connectivity index (χ2v) is 9.79. The fraction of sp³-hybridized carbons (Fsp3) is 0.370. The lowest BCUT2D eigenvalue weighted by Crippen LogP contribution is -2.55. The molecular weight excluding hydrogens is 424 g/mol. The molecule has 174 valence electrons. The number of hydrogen-bond acceptors (Lipinski definition) is 4. The predicted octanol–water partition coefficient (Wildman–Crippen LogP) is 4.22. The van der Waals surface area contributed by atoms with Crippen molar-refractivity contribution in [1.29, 1.82) is 0 Å². The molecule has 2 aromatic heterocycles. The van der Waals surface area contributed by atoms with E-state index in [1.165, 1.54) is 24.8 Å². The average molecular weight is 455 g/mol. The van der Waals surface area contributed by atoms with Crippen molar-refractivity contribution in [1.82, 2.24) is 30.2 Å². The highest BCUT2D eigenvalue weighted by Gasteiger charge is 2.36. The molecule has 0 aliphatic carbocycles. The van der Waals surface area contributed by atoms with Crippen molar-refractivity contribution < 1.29 is 4.79 Å². The number of nitrogens with zero attached hydrogens (tertiary/aromatic N) is 4. The number of aromatic nitrogens is 4. The zero-order valence-electron chi connectivity index (χ0n) is 19.4. The van der Waals surface area contributed by atoms with Gasteiger partial charge < -0.3 is 10.2 Å². The molecule has 2 aromatic carbocycles. The highest BCUT2D eigenvalue weighted by Crippen LogP contribution is 2.33. The third-order valence-electron chi connectivity index (χ3n) is 7.61. The fourth-order valence-electron chi connectivity index (χ4n) is 5.72. The Bertz CT molecular complexity index is 1300. The normalized spacial score (nSPS) is 22.7. The quantitative estimate of drug-likeness (QED) is 0.473. The van der Waals surface area contributed by atoms with Crippen molar-refractivity contribution in [3.8, 4) is 11.1 Å². The first kappa shape index (κ1) is 21.1. The molecule has 34 heavy (non-hydrogen) atoms. The van der Waals surface area contributed by atoms with E-state index in [9.17, 15) is 4.79 Å². The van der Waals surface area contributed by atoms with Crippen LogP contribution in [0.5, 0.6) is 0 Å². The van der Waals surface area contributed by atoms with Gasteiger partial charge in [0.25, 0.3) is 5.91 Å². The van der Waals surface area contributed by atoms with Gasteiger partial charge in [-0.25, -0.2) is 0 Å². The van der Waals surface area contributed by atoms with Crippen LogP contribution in [-0.2, 0) is 6.54 Å². The maximum Gasteiger partial charge on any atom is 0.272 e. The molecule has 2 aliphatic rings. The predicted molar refractivity (Wildman–Crippen MR) is 133 cm³/mol. The molecule has 2 fully saturated rings. The number of nitrogens with one attached hydrogen (secondary N) is 2. The fourth-order valence-corrected chi connectivity index (χ4v) is 5.72. The highest BCUT2D eigenvalue weighted by atomic mass is 16.2. The van der Waals surface area contributed by atoms with Crippen LogP contribution in [0.3, 0.4) is 0 Å². The van der Waals surface area contributed by atoms with Crippen molar-refractivity contribution in [2.45, 2.75) is 56.8 Å². The molecule has 4 aromatic rings. The molecule has 6 rings (SSSR count). The van der Waals surface area contributed by atoms with Gasteiger partial charge in [0.05, 0.1) is 18.3 Å². The number of carbonyl (C=O) groups is 1. The zero-order valence-corrected chi connectivity index (χ0v) is 19.4. The van der Waals surface area contributed by atoms with Crippen LogP contribution in [0.2, 0.25) is 0 Å². The SMILES string of the molecule is CN1[C@@H]2CCC[C@H]1C[C@@H](NC(=O)c1n[nH]c3ccc(-c4cnn(Cc5ccccc5)c4)cc13)C2. The van der Waals surface area contributed by atoms with Crippen LogP contribution in [0, 0.1) is 0 Å². The molecule has 2 saturated heterocycles. The number of rotatable bonds is 5. The van der Waals surface area contributed by atoms with Crippen LogP contribution >= 0.6 is 0 Å². The minimum atomic E-state index is -0.0872. The van der Waals surface area contributed by atoms with E-state index in [-0.39, 0.29) is 11.9 Å². The first-order valence-corrected chi connectivity index (χ1v) is 12.2. The molecule has 0 radical (unpaired) electrons. The van der Waals surface area contributed by atoms with Gasteiger partial charge in [-0.3, -0.25) is 14.6 Å². The van der Waals surface area contributed by atoms with E-state index >= 15 is 0 Å². The van der Waals surface area contributed by atoms with Crippen LogP contribution < -0.4 is 5.32 Å². The van der Waals surface area contributed by atoms with Gasteiger partial charge in [0.2, 0.25) is 0 Å². The second-order valence-electron chi connectivity index (χ2n) is 9.79. The van der Waals surface area contributed by atoms with E-state index < -0.39 is 0 Å². The summed E-state index contributed by atoms with van der Waals surface area (Å²) in [5.41, 5.74) is 4.59. The van der Waals surface area contributed by atoms with Crippen molar-refractivity contribution >= 4 is 16.8 Å². The zero-order chi connectivity index (χ0) is 23.1. The van der Waals surface area contributed by atoms with E-state index in [1.54, 1.807) is 0 Å². The summed E-state index contributed by atoms with van der Waals surface area (Å²) < 4.78 is 1.94. The molecule has 2 bridgehead atoms. The Labute approximate surface area is 199 Å². The largest absolute Gasteiger partial charge is 0.348 e. The van der Waals surface area contributed by atoms with Gasteiger partial charge in [0.1, 0.15) is 0 Å². The summed E-state index contributed by atoms with van der Waals surface area (Å²) in [4.78, 5) is 15.7. The Kier molecular flexibility index (Phi) is 5.41. The summed E-state index contributed by atoms with van der Waals surface area (Å²) in [5.74, 6) is -0.0872. The Hall–Kier alpha value is -3.45. The molecule has 0 spiro atoms. The van der Waals surface area contributed by atoms with Crippen LogP contribution in [0.1, 0.15) is 48.2 Å². The van der Waals surface area contributed by atoms with E-state index in [0.717, 1.165) is 41.4 Å². The lowest BCUT2D eigenvalue weighted by atomic mass is 9.82. The van der Waals surface area contributed by atoms with Crippen LogP contribution in [0.25, 0.3) is 22.0 Å². The number of fused-ring (bicyclic) bond motifs is 3. The van der Waals surface area contributed by atoms with Crippen molar-refractivity contribution in [3.63, 3.8) is 0 Å². The third kappa shape index (κ3) is 4.01. The minimum absolute atomic E-state index is 0.0872. The molecule has 2 N–H and O–H groups in total. The third-order valence-corrected chi connectivity index (χ3v) is 7.61. The summed E-state index contributed by atoms with van der Waals surface area (Å²) in [6, 6.07) is 17.7. The molecule has 1 amide bonds. The second kappa shape index (κ2) is 8.72. The average Bonchev–Trinajstić information content (AvgIpc) is 3.47. The number of H-pyrrole nitrogens is 1. The van der Waals surface area contributed by atoms with Crippen LogP contribution in [0.4, 0.5) is 0 Å². The lowest BCUT2D eigenvalue weighted by molar-refractivity contribution is 0.0462. The van der Waals surface area contributed by atoms with Gasteiger partial charge in [-0.1, -0.05) is 42.8 Å². The van der Waals surface area contributed by atoms with Crippen molar-refractivity contribution in [3.05, 3.63) is 72.2 Å². The maximum atomic E-state index is 13.2. The summed E-state index contributed by atoms with van der Waals surface area (Å²) in [5, 5.41) is 16.1. The molecule has 4 heterocycles. The first-order valence-electron chi connectivity index (χ1n) is 12.2. The van der Waals surface area contributed by atoms with E-state index in [2.05, 4.69) is 44.7 Å². The number of amides is 1. The van der Waals surface area contributed by atoms with Crippen molar-refractivity contribution in [2.75, 3.05) is 7.05 Å². The summed E-state index contributed by atoms with van der Waals surface area (Å²) >= 11 is 0. The molecule has 3 atom stereocenters. The van der Waals surface area contributed by atoms with Crippen LogP contribution in [-0.4, -0.2) is 56.0 Å². The summed E-state index contributed by atoms with van der Waals surface area (Å²) in [6.07, 6.45) is 9.72. The van der Waals surface area contributed by atoms with E-state index in [1.807, 2.05) is 53.5 Å². The van der Waals surface area contributed by atoms with Gasteiger partial charge in [0, 0.05) is 35.3 Å². The molecule has 2 aliphatic heterocycles. The molecule has 7 heteroatoms. The van der Waals surface area contributed by atoms with Gasteiger partial charge in [0.15, 0.2) is 5.69 Å². The maximum absolute atomic E-state index is 13.2. The molecule has 7 nitrogen and oxygen atoms in total. The number of hydrogen-bond donors (Lipinski definition) is 2. The van der Waals surface area contributed by atoms with Gasteiger partial charge >= 0.3 is 0 Å². The number of carbonyl (C=O) groups excluding carboxylic acids is 1. The van der Waals surface area contributed by atoms with Crippen molar-refractivity contribution in [2.24, 2.45) is 0 Å². The van der Waals surface area contributed by atoms with Gasteiger partial charge in [-0.2, -0.15) is 10.2 Å². The van der Waals surface area contributed by atoms with Gasteiger partial charge in [-0.05, 0) is 56.0 Å². The van der Waals surface area contributed by atoms with Crippen LogP contribution in [0.15, 0.2) is 60.9 Å². The lowest BCUT2D eigenvalue weighted by Gasteiger charge is -2.47. The minimum Gasteiger partial charge on any atom is -0.348 e. The van der Waals surface area contributed by atoms with Gasteiger partial charge in [-0.15, -0.1) is 0 Å². The highest BCUT2D eigenvalue weighted by molar-refractivity contribution is 6.05. The monoisotopic (exact) mass is 454 g/mol. The number of piperidine rings is 2. The van der Waals surface area contributed by atoms with E-state index in [4.69, 9.17) is 0 Å². The smallest absolute Gasteiger partial charge is 0.272 e.